The fraction of sp³-hybridized carbons (Fsp3) is 0.333. The van der Waals surface area contributed by atoms with Gasteiger partial charge in [-0.05, 0) is 54.2 Å². The monoisotopic (exact) mass is 336 g/mol. The van der Waals surface area contributed by atoms with E-state index < -0.39 is 0 Å². The van der Waals surface area contributed by atoms with Crippen molar-refractivity contribution in [2.75, 3.05) is 5.32 Å². The molecule has 0 saturated heterocycles. The number of hydrogen-bond acceptors (Lipinski definition) is 2. The van der Waals surface area contributed by atoms with E-state index in [2.05, 4.69) is 31.4 Å². The Morgan fingerprint density at radius 2 is 1.44 bits per heavy atom. The van der Waals surface area contributed by atoms with Gasteiger partial charge in [0.2, 0.25) is 0 Å². The zero-order valence-electron chi connectivity index (χ0n) is 14.9. The summed E-state index contributed by atoms with van der Waals surface area (Å²) in [6.45, 7) is 6.35. The van der Waals surface area contributed by atoms with Gasteiger partial charge in [-0.1, -0.05) is 39.0 Å². The number of para-hydroxylation sites is 1. The Bertz CT molecular complexity index is 784. The van der Waals surface area contributed by atoms with Crippen LogP contribution < -0.4 is 10.6 Å². The summed E-state index contributed by atoms with van der Waals surface area (Å²) < 4.78 is 0. The number of carbonyl (C=O) groups is 2. The molecular weight excluding hydrogens is 312 g/mol. The number of rotatable bonds is 4. The van der Waals surface area contributed by atoms with Gasteiger partial charge in [-0.15, -0.1) is 0 Å². The van der Waals surface area contributed by atoms with Gasteiger partial charge in [-0.3, -0.25) is 9.59 Å². The molecular formula is C21H24N2O2. The second-order valence-corrected chi connectivity index (χ2v) is 7.57. The third-order valence-electron chi connectivity index (χ3n) is 4.31. The molecule has 25 heavy (non-hydrogen) atoms. The third-order valence-corrected chi connectivity index (χ3v) is 4.31. The largest absolute Gasteiger partial charge is 0.349 e. The van der Waals surface area contributed by atoms with Crippen molar-refractivity contribution in [2.45, 2.75) is 45.1 Å². The summed E-state index contributed by atoms with van der Waals surface area (Å²) in [5, 5.41) is 5.93. The average molecular weight is 336 g/mol. The van der Waals surface area contributed by atoms with Gasteiger partial charge in [0, 0.05) is 22.9 Å². The van der Waals surface area contributed by atoms with Crippen LogP contribution in [0.1, 0.15) is 59.9 Å². The highest BCUT2D eigenvalue weighted by Gasteiger charge is 2.24. The van der Waals surface area contributed by atoms with Crippen LogP contribution in [-0.2, 0) is 5.41 Å². The van der Waals surface area contributed by atoms with Gasteiger partial charge < -0.3 is 10.6 Å². The molecule has 3 rings (SSSR count). The highest BCUT2D eigenvalue weighted by atomic mass is 16.2. The van der Waals surface area contributed by atoms with Crippen molar-refractivity contribution in [2.24, 2.45) is 0 Å². The molecule has 2 aromatic rings. The molecule has 1 fully saturated rings. The maximum absolute atomic E-state index is 12.6. The zero-order valence-corrected chi connectivity index (χ0v) is 14.9. The van der Waals surface area contributed by atoms with Crippen LogP contribution in [0, 0.1) is 0 Å². The second kappa shape index (κ2) is 6.71. The molecule has 2 aromatic carbocycles. The van der Waals surface area contributed by atoms with E-state index >= 15 is 0 Å². The minimum Gasteiger partial charge on any atom is -0.349 e. The number of carbonyl (C=O) groups excluding carboxylic acids is 2. The fourth-order valence-electron chi connectivity index (χ4n) is 2.71. The lowest BCUT2D eigenvalue weighted by molar-refractivity contribution is 0.0949. The van der Waals surface area contributed by atoms with Crippen molar-refractivity contribution >= 4 is 17.5 Å². The number of hydrogen-bond donors (Lipinski definition) is 2. The molecule has 0 atom stereocenters. The first-order chi connectivity index (χ1) is 11.8. The normalized spacial score (nSPS) is 14.0. The number of amides is 2. The number of anilines is 1. The topological polar surface area (TPSA) is 58.2 Å². The van der Waals surface area contributed by atoms with E-state index in [1.165, 1.54) is 0 Å². The predicted octanol–water partition coefficient (Wildman–Crippen LogP) is 4.13. The van der Waals surface area contributed by atoms with Crippen molar-refractivity contribution < 1.29 is 9.59 Å². The molecule has 0 spiro atoms. The third kappa shape index (κ3) is 4.27. The summed E-state index contributed by atoms with van der Waals surface area (Å²) in [6, 6.07) is 14.9. The fourth-order valence-corrected chi connectivity index (χ4v) is 2.71. The average Bonchev–Trinajstić information content (AvgIpc) is 3.38. The molecule has 4 heteroatoms. The first-order valence-corrected chi connectivity index (χ1v) is 8.66. The molecule has 2 N–H and O–H groups in total. The first-order valence-electron chi connectivity index (χ1n) is 8.66. The highest BCUT2D eigenvalue weighted by Crippen LogP contribution is 2.29. The van der Waals surface area contributed by atoms with Gasteiger partial charge in [0.15, 0.2) is 0 Å². The maximum atomic E-state index is 12.6. The van der Waals surface area contributed by atoms with Crippen LogP contribution >= 0.6 is 0 Å². The minimum atomic E-state index is -0.175. The summed E-state index contributed by atoms with van der Waals surface area (Å²) in [7, 11) is 0. The Morgan fingerprint density at radius 1 is 0.880 bits per heavy atom. The SMILES string of the molecule is CC(C)(C)c1ccccc1NC(=O)c1ccc(C(=O)NC2CC2)cc1. The van der Waals surface area contributed by atoms with Gasteiger partial charge in [0.05, 0.1) is 0 Å². The van der Waals surface area contributed by atoms with Crippen LogP contribution in [0.4, 0.5) is 5.69 Å². The smallest absolute Gasteiger partial charge is 0.255 e. The lowest BCUT2D eigenvalue weighted by Crippen LogP contribution is -2.25. The van der Waals surface area contributed by atoms with Crippen LogP contribution in [0.3, 0.4) is 0 Å². The van der Waals surface area contributed by atoms with E-state index in [4.69, 9.17) is 0 Å². The van der Waals surface area contributed by atoms with Gasteiger partial charge in [-0.25, -0.2) is 0 Å². The maximum Gasteiger partial charge on any atom is 0.255 e. The molecule has 0 bridgehead atoms. The molecule has 0 unspecified atom stereocenters. The van der Waals surface area contributed by atoms with Crippen molar-refractivity contribution in [3.63, 3.8) is 0 Å². The van der Waals surface area contributed by atoms with Gasteiger partial charge in [-0.2, -0.15) is 0 Å². The minimum absolute atomic E-state index is 0.0609. The van der Waals surface area contributed by atoms with Crippen molar-refractivity contribution in [1.29, 1.82) is 0 Å². The standard InChI is InChI=1S/C21H24N2O2/c1-21(2,3)17-6-4-5-7-18(17)23-20(25)15-10-8-14(9-11-15)19(24)22-16-12-13-16/h4-11,16H,12-13H2,1-3H3,(H,22,24)(H,23,25). The summed E-state index contributed by atoms with van der Waals surface area (Å²) in [5.74, 6) is -0.251. The quantitative estimate of drug-likeness (QED) is 0.882. The molecule has 2 amide bonds. The second-order valence-electron chi connectivity index (χ2n) is 7.57. The molecule has 0 aromatic heterocycles. The van der Waals surface area contributed by atoms with Crippen LogP contribution in [0.15, 0.2) is 48.5 Å². The first kappa shape index (κ1) is 17.2. The molecule has 0 aliphatic heterocycles. The summed E-state index contributed by atoms with van der Waals surface area (Å²) in [5.41, 5.74) is 2.96. The molecule has 1 aliphatic carbocycles. The van der Waals surface area contributed by atoms with E-state index in [0.29, 0.717) is 17.2 Å². The lowest BCUT2D eigenvalue weighted by Gasteiger charge is -2.23. The van der Waals surface area contributed by atoms with Gasteiger partial charge in [0.25, 0.3) is 11.8 Å². The summed E-state index contributed by atoms with van der Waals surface area (Å²) in [4.78, 5) is 24.6. The van der Waals surface area contributed by atoms with E-state index in [1.807, 2.05) is 24.3 Å². The van der Waals surface area contributed by atoms with E-state index in [-0.39, 0.29) is 17.2 Å². The van der Waals surface area contributed by atoms with Crippen LogP contribution in [0.25, 0.3) is 0 Å². The Hall–Kier alpha value is -2.62. The van der Waals surface area contributed by atoms with Gasteiger partial charge >= 0.3 is 0 Å². The number of nitrogens with one attached hydrogen (secondary N) is 2. The van der Waals surface area contributed by atoms with E-state index in [9.17, 15) is 9.59 Å². The molecule has 1 aliphatic rings. The summed E-state index contributed by atoms with van der Waals surface area (Å²) >= 11 is 0. The number of benzene rings is 2. The highest BCUT2D eigenvalue weighted by molar-refractivity contribution is 6.05. The lowest BCUT2D eigenvalue weighted by atomic mass is 9.86. The van der Waals surface area contributed by atoms with Crippen LogP contribution in [-0.4, -0.2) is 17.9 Å². The van der Waals surface area contributed by atoms with Crippen LogP contribution in [0.2, 0.25) is 0 Å². The van der Waals surface area contributed by atoms with Crippen molar-refractivity contribution in [3.8, 4) is 0 Å². The molecule has 1 saturated carbocycles. The van der Waals surface area contributed by atoms with E-state index in [1.54, 1.807) is 24.3 Å². The van der Waals surface area contributed by atoms with Crippen LogP contribution in [0.5, 0.6) is 0 Å². The Kier molecular flexibility index (Phi) is 4.62. The van der Waals surface area contributed by atoms with E-state index in [0.717, 1.165) is 24.1 Å². The molecule has 4 nitrogen and oxygen atoms in total. The van der Waals surface area contributed by atoms with Crippen molar-refractivity contribution in [1.82, 2.24) is 5.32 Å². The summed E-state index contributed by atoms with van der Waals surface area (Å²) in [6.07, 6.45) is 2.11. The molecule has 130 valence electrons. The Labute approximate surface area is 148 Å². The molecule has 0 radical (unpaired) electrons. The Balaban J connectivity index is 1.72. The van der Waals surface area contributed by atoms with Crippen molar-refractivity contribution in [3.05, 3.63) is 65.2 Å². The zero-order chi connectivity index (χ0) is 18.0. The molecule has 0 heterocycles. The predicted molar refractivity (Wildman–Crippen MR) is 100 cm³/mol. The van der Waals surface area contributed by atoms with Gasteiger partial charge in [0.1, 0.15) is 0 Å². The Morgan fingerprint density at radius 3 is 2.00 bits per heavy atom.